The Morgan fingerprint density at radius 1 is 1.26 bits per heavy atom. The molecule has 0 spiro atoms. The molecule has 3 rings (SSSR count). The number of amides is 1. The van der Waals surface area contributed by atoms with E-state index in [1.54, 1.807) is 6.20 Å². The van der Waals surface area contributed by atoms with E-state index in [0.29, 0.717) is 10.7 Å². The number of carbonyl (C=O) groups excluding carboxylic acids is 1. The quantitative estimate of drug-likeness (QED) is 0.916. The molecule has 1 aromatic heterocycles. The maximum absolute atomic E-state index is 12.1. The predicted octanol–water partition coefficient (Wildman–Crippen LogP) is 2.74. The zero-order chi connectivity index (χ0) is 16.1. The van der Waals surface area contributed by atoms with Crippen LogP contribution in [-0.4, -0.2) is 48.6 Å². The second kappa shape index (κ2) is 7.50. The molecule has 1 aliphatic heterocycles. The molecule has 1 N–H and O–H groups in total. The van der Waals surface area contributed by atoms with Gasteiger partial charge in [-0.15, -0.1) is 11.3 Å². The van der Waals surface area contributed by atoms with Crippen LogP contribution >= 0.6 is 11.3 Å². The first-order valence-corrected chi connectivity index (χ1v) is 8.39. The molecule has 1 amide bonds. The number of carbonyl (C=O) groups is 1. The fraction of sp³-hybridized carbons (Fsp3) is 0.294. The highest BCUT2D eigenvalue weighted by atomic mass is 32.1. The standard InChI is InChI=1S/C17H19N3O2S/c1-13(12-20-7-9-22-10-8-20)14-2-4-15(5-3-14)16(21)19-17-18-6-11-23-17/h2-6,11H,1,7-10,12H2,(H,18,19,21). The number of thiazole rings is 1. The van der Waals surface area contributed by atoms with Crippen LogP contribution in [0.15, 0.2) is 42.4 Å². The van der Waals surface area contributed by atoms with Gasteiger partial charge in [0, 0.05) is 36.8 Å². The summed E-state index contributed by atoms with van der Waals surface area (Å²) in [5, 5.41) is 5.21. The molecule has 0 bridgehead atoms. The molecule has 120 valence electrons. The Labute approximate surface area is 139 Å². The Balaban J connectivity index is 1.59. The van der Waals surface area contributed by atoms with E-state index in [4.69, 9.17) is 4.74 Å². The van der Waals surface area contributed by atoms with Crippen LogP contribution in [0, 0.1) is 0 Å². The largest absolute Gasteiger partial charge is 0.379 e. The molecule has 1 saturated heterocycles. The fourth-order valence-electron chi connectivity index (χ4n) is 2.43. The summed E-state index contributed by atoms with van der Waals surface area (Å²) in [5.74, 6) is -0.148. The van der Waals surface area contributed by atoms with Gasteiger partial charge in [0.15, 0.2) is 5.13 Å². The van der Waals surface area contributed by atoms with Crippen molar-refractivity contribution >= 4 is 27.9 Å². The Bertz CT molecular complexity index is 662. The van der Waals surface area contributed by atoms with Gasteiger partial charge in [0.2, 0.25) is 0 Å². The van der Waals surface area contributed by atoms with Crippen molar-refractivity contribution in [3.8, 4) is 0 Å². The minimum atomic E-state index is -0.148. The number of nitrogens with zero attached hydrogens (tertiary/aromatic N) is 2. The summed E-state index contributed by atoms with van der Waals surface area (Å²) >= 11 is 1.40. The molecule has 23 heavy (non-hydrogen) atoms. The van der Waals surface area contributed by atoms with Crippen LogP contribution in [0.3, 0.4) is 0 Å². The van der Waals surface area contributed by atoms with Crippen molar-refractivity contribution in [2.24, 2.45) is 0 Å². The number of anilines is 1. The minimum Gasteiger partial charge on any atom is -0.379 e. The predicted molar refractivity (Wildman–Crippen MR) is 92.8 cm³/mol. The van der Waals surface area contributed by atoms with Crippen molar-refractivity contribution in [1.29, 1.82) is 0 Å². The first-order valence-electron chi connectivity index (χ1n) is 7.51. The van der Waals surface area contributed by atoms with Gasteiger partial charge in [0.1, 0.15) is 0 Å². The van der Waals surface area contributed by atoms with E-state index >= 15 is 0 Å². The van der Waals surface area contributed by atoms with Crippen LogP contribution in [0.1, 0.15) is 15.9 Å². The maximum atomic E-state index is 12.1. The summed E-state index contributed by atoms with van der Waals surface area (Å²) in [6, 6.07) is 7.53. The van der Waals surface area contributed by atoms with Gasteiger partial charge in [-0.1, -0.05) is 18.7 Å². The van der Waals surface area contributed by atoms with E-state index in [0.717, 1.165) is 44.0 Å². The van der Waals surface area contributed by atoms with Crippen LogP contribution in [0.4, 0.5) is 5.13 Å². The van der Waals surface area contributed by atoms with Gasteiger partial charge >= 0.3 is 0 Å². The fourth-order valence-corrected chi connectivity index (χ4v) is 2.96. The molecule has 1 aliphatic rings. The molecule has 0 radical (unpaired) electrons. The number of benzene rings is 1. The number of aromatic nitrogens is 1. The van der Waals surface area contributed by atoms with Gasteiger partial charge in [-0.25, -0.2) is 4.98 Å². The molecule has 0 atom stereocenters. The second-order valence-electron chi connectivity index (χ2n) is 5.36. The Morgan fingerprint density at radius 2 is 1.96 bits per heavy atom. The van der Waals surface area contributed by atoms with Crippen LogP contribution in [-0.2, 0) is 4.74 Å². The summed E-state index contributed by atoms with van der Waals surface area (Å²) in [6.45, 7) is 8.43. The lowest BCUT2D eigenvalue weighted by atomic mass is 10.0. The summed E-state index contributed by atoms with van der Waals surface area (Å²) in [5.41, 5.74) is 2.73. The van der Waals surface area contributed by atoms with E-state index in [-0.39, 0.29) is 5.91 Å². The lowest BCUT2D eigenvalue weighted by Gasteiger charge is -2.27. The number of rotatable bonds is 5. The molecule has 5 nitrogen and oxygen atoms in total. The molecule has 2 aromatic rings. The Hall–Kier alpha value is -2.02. The number of hydrogen-bond donors (Lipinski definition) is 1. The van der Waals surface area contributed by atoms with Gasteiger partial charge < -0.3 is 4.74 Å². The lowest BCUT2D eigenvalue weighted by molar-refractivity contribution is 0.0444. The molecule has 1 aromatic carbocycles. The number of ether oxygens (including phenoxy) is 1. The minimum absolute atomic E-state index is 0.148. The summed E-state index contributed by atoms with van der Waals surface area (Å²) < 4.78 is 5.35. The van der Waals surface area contributed by atoms with Gasteiger partial charge in [-0.05, 0) is 23.3 Å². The monoisotopic (exact) mass is 329 g/mol. The number of nitrogens with one attached hydrogen (secondary N) is 1. The third-order valence-corrected chi connectivity index (χ3v) is 4.41. The van der Waals surface area contributed by atoms with Crippen molar-refractivity contribution in [3.63, 3.8) is 0 Å². The van der Waals surface area contributed by atoms with Crippen molar-refractivity contribution in [1.82, 2.24) is 9.88 Å². The van der Waals surface area contributed by atoms with E-state index in [9.17, 15) is 4.79 Å². The molecule has 0 saturated carbocycles. The number of morpholine rings is 1. The van der Waals surface area contributed by atoms with Gasteiger partial charge in [-0.2, -0.15) is 0 Å². The molecule has 1 fully saturated rings. The first kappa shape index (κ1) is 15.9. The average molecular weight is 329 g/mol. The topological polar surface area (TPSA) is 54.5 Å². The average Bonchev–Trinajstić information content (AvgIpc) is 3.09. The van der Waals surface area contributed by atoms with E-state index in [1.165, 1.54) is 11.3 Å². The lowest BCUT2D eigenvalue weighted by Crippen LogP contribution is -2.37. The van der Waals surface area contributed by atoms with Crippen LogP contribution in [0.2, 0.25) is 0 Å². The van der Waals surface area contributed by atoms with Crippen molar-refractivity contribution in [2.75, 3.05) is 38.2 Å². The highest BCUT2D eigenvalue weighted by molar-refractivity contribution is 7.13. The number of hydrogen-bond acceptors (Lipinski definition) is 5. The Morgan fingerprint density at radius 3 is 2.61 bits per heavy atom. The summed E-state index contributed by atoms with van der Waals surface area (Å²) in [6.07, 6.45) is 1.67. The normalized spacial score (nSPS) is 15.3. The summed E-state index contributed by atoms with van der Waals surface area (Å²) in [4.78, 5) is 18.5. The molecule has 0 aliphatic carbocycles. The van der Waals surface area contributed by atoms with Crippen LogP contribution in [0.25, 0.3) is 5.57 Å². The zero-order valence-electron chi connectivity index (χ0n) is 12.8. The van der Waals surface area contributed by atoms with E-state index < -0.39 is 0 Å². The summed E-state index contributed by atoms with van der Waals surface area (Å²) in [7, 11) is 0. The van der Waals surface area contributed by atoms with Crippen molar-refractivity contribution < 1.29 is 9.53 Å². The second-order valence-corrected chi connectivity index (χ2v) is 6.26. The zero-order valence-corrected chi connectivity index (χ0v) is 13.6. The molecule has 6 heteroatoms. The van der Waals surface area contributed by atoms with Crippen molar-refractivity contribution in [3.05, 3.63) is 53.5 Å². The maximum Gasteiger partial charge on any atom is 0.257 e. The third kappa shape index (κ3) is 4.25. The molecular formula is C17H19N3O2S. The third-order valence-electron chi connectivity index (χ3n) is 3.73. The van der Waals surface area contributed by atoms with Gasteiger partial charge in [0.25, 0.3) is 5.91 Å². The van der Waals surface area contributed by atoms with E-state index in [1.807, 2.05) is 29.6 Å². The Kier molecular flexibility index (Phi) is 5.17. The SMILES string of the molecule is C=C(CN1CCOCC1)c1ccc(C(=O)Nc2nccs2)cc1. The van der Waals surface area contributed by atoms with Crippen LogP contribution in [0.5, 0.6) is 0 Å². The smallest absolute Gasteiger partial charge is 0.257 e. The molecular weight excluding hydrogens is 310 g/mol. The van der Waals surface area contributed by atoms with E-state index in [2.05, 4.69) is 21.8 Å². The van der Waals surface area contributed by atoms with Crippen molar-refractivity contribution in [2.45, 2.75) is 0 Å². The molecule has 0 unspecified atom stereocenters. The van der Waals surface area contributed by atoms with Crippen LogP contribution < -0.4 is 5.32 Å². The van der Waals surface area contributed by atoms with Gasteiger partial charge in [-0.3, -0.25) is 15.0 Å². The molecule has 2 heterocycles. The van der Waals surface area contributed by atoms with Gasteiger partial charge in [0.05, 0.1) is 13.2 Å². The highest BCUT2D eigenvalue weighted by Crippen LogP contribution is 2.17. The highest BCUT2D eigenvalue weighted by Gasteiger charge is 2.13. The first-order chi connectivity index (χ1) is 11.2.